The van der Waals surface area contributed by atoms with Crippen molar-refractivity contribution >= 4 is 6.29 Å². The van der Waals surface area contributed by atoms with E-state index in [1.54, 1.807) is 0 Å². The second-order valence-corrected chi connectivity index (χ2v) is 7.08. The molecular weight excluding hydrogens is 316 g/mol. The van der Waals surface area contributed by atoms with Gasteiger partial charge in [0.05, 0.1) is 6.61 Å². The molecule has 2 aliphatic heterocycles. The van der Waals surface area contributed by atoms with Crippen LogP contribution in [0.1, 0.15) is 43.2 Å². The van der Waals surface area contributed by atoms with Crippen LogP contribution in [0.15, 0.2) is 18.2 Å². The first-order valence-corrected chi connectivity index (χ1v) is 9.65. The summed E-state index contributed by atoms with van der Waals surface area (Å²) in [4.78, 5) is 26.0. The number of aldehydes is 1. The molecule has 0 amide bonds. The Morgan fingerprint density at radius 1 is 1.04 bits per heavy atom. The fourth-order valence-corrected chi connectivity index (χ4v) is 3.58. The molecule has 1 aromatic carbocycles. The maximum Gasteiger partial charge on any atom is 0.168 e. The Kier molecular flexibility index (Phi) is 7.27. The molecule has 5 nitrogen and oxygen atoms in total. The predicted molar refractivity (Wildman–Crippen MR) is 97.6 cm³/mol. The SMILES string of the molecule is O=CCCCCCN1CCN(Cc2ccc3c(c2)OOCCC3)CC1. The molecule has 5 heteroatoms. The van der Waals surface area contributed by atoms with E-state index in [4.69, 9.17) is 9.78 Å². The van der Waals surface area contributed by atoms with Crippen LogP contribution < -0.4 is 4.89 Å². The van der Waals surface area contributed by atoms with Crippen molar-refractivity contribution in [3.8, 4) is 5.75 Å². The van der Waals surface area contributed by atoms with E-state index in [0.717, 1.165) is 77.0 Å². The van der Waals surface area contributed by atoms with Crippen molar-refractivity contribution in [1.29, 1.82) is 0 Å². The summed E-state index contributed by atoms with van der Waals surface area (Å²) in [6.07, 6.45) is 7.19. The fourth-order valence-electron chi connectivity index (χ4n) is 3.58. The Hall–Kier alpha value is -1.43. The third-order valence-corrected chi connectivity index (χ3v) is 5.12. The largest absolute Gasteiger partial charge is 0.337 e. The summed E-state index contributed by atoms with van der Waals surface area (Å²) in [6, 6.07) is 6.56. The van der Waals surface area contributed by atoms with Crippen molar-refractivity contribution in [2.45, 2.75) is 45.1 Å². The van der Waals surface area contributed by atoms with Crippen LogP contribution >= 0.6 is 0 Å². The van der Waals surface area contributed by atoms with E-state index >= 15 is 0 Å². The van der Waals surface area contributed by atoms with Gasteiger partial charge in [-0.05, 0) is 49.4 Å². The van der Waals surface area contributed by atoms with Gasteiger partial charge in [-0.2, -0.15) is 4.89 Å². The zero-order valence-electron chi connectivity index (χ0n) is 15.1. The number of nitrogens with zero attached hydrogens (tertiary/aromatic N) is 2. The normalized spacial score (nSPS) is 19.0. The lowest BCUT2D eigenvalue weighted by Crippen LogP contribution is -2.46. The number of piperazine rings is 1. The maximum absolute atomic E-state index is 10.3. The van der Waals surface area contributed by atoms with Crippen LogP contribution in [-0.4, -0.2) is 55.4 Å². The number of rotatable bonds is 8. The lowest BCUT2D eigenvalue weighted by atomic mass is 10.1. The number of carbonyl (C=O) groups excluding carboxylic acids is 1. The summed E-state index contributed by atoms with van der Waals surface area (Å²) in [5, 5.41) is 0. The van der Waals surface area contributed by atoms with Gasteiger partial charge < -0.3 is 14.6 Å². The first-order chi connectivity index (χ1) is 12.3. The van der Waals surface area contributed by atoms with Crippen LogP contribution in [0, 0.1) is 0 Å². The highest BCUT2D eigenvalue weighted by molar-refractivity contribution is 5.48. The van der Waals surface area contributed by atoms with Crippen molar-refractivity contribution < 1.29 is 14.6 Å². The third-order valence-electron chi connectivity index (χ3n) is 5.12. The summed E-state index contributed by atoms with van der Waals surface area (Å²) in [6.45, 7) is 7.31. The smallest absolute Gasteiger partial charge is 0.168 e. The van der Waals surface area contributed by atoms with Crippen molar-refractivity contribution in [1.82, 2.24) is 9.80 Å². The summed E-state index contributed by atoms with van der Waals surface area (Å²) >= 11 is 0. The molecule has 0 N–H and O–H groups in total. The molecular formula is C20H30N2O3. The number of hydrogen-bond donors (Lipinski definition) is 0. The monoisotopic (exact) mass is 346 g/mol. The second kappa shape index (κ2) is 9.90. The summed E-state index contributed by atoms with van der Waals surface area (Å²) in [5.74, 6) is 0.893. The van der Waals surface area contributed by atoms with Gasteiger partial charge in [-0.1, -0.05) is 18.6 Å². The topological polar surface area (TPSA) is 42.0 Å². The molecule has 0 aromatic heterocycles. The highest BCUT2D eigenvalue weighted by atomic mass is 17.2. The van der Waals surface area contributed by atoms with Gasteiger partial charge in [0, 0.05) is 39.1 Å². The Morgan fingerprint density at radius 3 is 2.72 bits per heavy atom. The Balaban J connectivity index is 1.40. The van der Waals surface area contributed by atoms with Gasteiger partial charge in [-0.25, -0.2) is 0 Å². The predicted octanol–water partition coefficient (Wildman–Crippen LogP) is 2.82. The van der Waals surface area contributed by atoms with Gasteiger partial charge in [0.15, 0.2) is 5.75 Å². The van der Waals surface area contributed by atoms with Crippen molar-refractivity contribution in [2.75, 3.05) is 39.3 Å². The third kappa shape index (κ3) is 5.80. The molecule has 0 bridgehead atoms. The molecule has 1 saturated heterocycles. The minimum absolute atomic E-state index is 0.668. The molecule has 0 spiro atoms. The number of hydrogen-bond acceptors (Lipinski definition) is 5. The first-order valence-electron chi connectivity index (χ1n) is 9.65. The lowest BCUT2D eigenvalue weighted by molar-refractivity contribution is -0.203. The quantitative estimate of drug-likeness (QED) is 0.411. The molecule has 0 aliphatic carbocycles. The fraction of sp³-hybridized carbons (Fsp3) is 0.650. The standard InChI is InChI=1S/C20H30N2O3/c23-14-4-2-1-3-9-21-10-12-22(13-11-21)17-18-7-8-19-6-5-15-24-25-20(19)16-18/h7-8,14,16H,1-6,9-13,15,17H2. The molecule has 138 valence electrons. The van der Waals surface area contributed by atoms with E-state index in [2.05, 4.69) is 28.0 Å². The molecule has 2 heterocycles. The summed E-state index contributed by atoms with van der Waals surface area (Å²) in [5.41, 5.74) is 2.55. The van der Waals surface area contributed by atoms with Crippen molar-refractivity contribution in [3.63, 3.8) is 0 Å². The number of benzene rings is 1. The Labute approximate surface area is 150 Å². The number of fused-ring (bicyclic) bond motifs is 1. The van der Waals surface area contributed by atoms with Gasteiger partial charge >= 0.3 is 0 Å². The zero-order valence-corrected chi connectivity index (χ0v) is 15.1. The number of carbonyl (C=O) groups is 1. The minimum Gasteiger partial charge on any atom is -0.337 e. The van der Waals surface area contributed by atoms with E-state index in [1.165, 1.54) is 17.5 Å². The number of unbranched alkanes of at least 4 members (excludes halogenated alkanes) is 3. The maximum atomic E-state index is 10.3. The summed E-state index contributed by atoms with van der Waals surface area (Å²) < 4.78 is 0. The zero-order chi connectivity index (χ0) is 17.3. The van der Waals surface area contributed by atoms with Crippen molar-refractivity contribution in [3.05, 3.63) is 29.3 Å². The molecule has 0 unspecified atom stereocenters. The van der Waals surface area contributed by atoms with Crippen LogP contribution in [0.4, 0.5) is 0 Å². The summed E-state index contributed by atoms with van der Waals surface area (Å²) in [7, 11) is 0. The molecule has 0 saturated carbocycles. The van der Waals surface area contributed by atoms with E-state index in [1.807, 2.05) is 0 Å². The second-order valence-electron chi connectivity index (χ2n) is 7.08. The van der Waals surface area contributed by atoms with E-state index in [0.29, 0.717) is 13.0 Å². The minimum atomic E-state index is 0.668. The van der Waals surface area contributed by atoms with Crippen LogP contribution in [0.2, 0.25) is 0 Å². The molecule has 3 rings (SSSR count). The molecule has 2 aliphatic rings. The molecule has 0 radical (unpaired) electrons. The van der Waals surface area contributed by atoms with Gasteiger partial charge in [-0.15, -0.1) is 0 Å². The van der Waals surface area contributed by atoms with E-state index < -0.39 is 0 Å². The van der Waals surface area contributed by atoms with Crippen molar-refractivity contribution in [2.24, 2.45) is 0 Å². The van der Waals surface area contributed by atoms with E-state index in [9.17, 15) is 4.79 Å². The average molecular weight is 346 g/mol. The average Bonchev–Trinajstić information content (AvgIpc) is 2.88. The molecule has 0 atom stereocenters. The first kappa shape index (κ1) is 18.4. The Bertz CT molecular complexity index is 542. The lowest BCUT2D eigenvalue weighted by Gasteiger charge is -2.34. The Morgan fingerprint density at radius 2 is 1.88 bits per heavy atom. The van der Waals surface area contributed by atoms with Gasteiger partial charge in [0.2, 0.25) is 0 Å². The van der Waals surface area contributed by atoms with Gasteiger partial charge in [0.25, 0.3) is 0 Å². The highest BCUT2D eigenvalue weighted by Crippen LogP contribution is 2.25. The van der Waals surface area contributed by atoms with Crippen LogP contribution in [0.3, 0.4) is 0 Å². The molecule has 1 aromatic rings. The van der Waals surface area contributed by atoms with Gasteiger partial charge in [-0.3, -0.25) is 4.90 Å². The van der Waals surface area contributed by atoms with Crippen LogP contribution in [0.5, 0.6) is 5.75 Å². The number of aryl methyl sites for hydroxylation is 1. The van der Waals surface area contributed by atoms with Gasteiger partial charge in [0.1, 0.15) is 6.29 Å². The highest BCUT2D eigenvalue weighted by Gasteiger charge is 2.17. The van der Waals surface area contributed by atoms with Crippen LogP contribution in [0.25, 0.3) is 0 Å². The molecule has 25 heavy (non-hydrogen) atoms. The van der Waals surface area contributed by atoms with E-state index in [-0.39, 0.29) is 0 Å². The van der Waals surface area contributed by atoms with Crippen LogP contribution in [-0.2, 0) is 22.6 Å². The molecule has 1 fully saturated rings.